The first-order valence-corrected chi connectivity index (χ1v) is 8.09. The number of rotatable bonds is 5. The summed E-state index contributed by atoms with van der Waals surface area (Å²) in [6.07, 6.45) is 9.18. The third-order valence-electron chi connectivity index (χ3n) is 4.91. The number of piperidine rings is 1. The van der Waals surface area contributed by atoms with Crippen LogP contribution in [0, 0.1) is 5.92 Å². The van der Waals surface area contributed by atoms with E-state index in [0.717, 1.165) is 38.0 Å². The second kappa shape index (κ2) is 6.65. The number of amides is 1. The van der Waals surface area contributed by atoms with Gasteiger partial charge in [-0.25, -0.2) is 0 Å². The molecule has 0 aliphatic carbocycles. The van der Waals surface area contributed by atoms with Crippen molar-refractivity contribution < 1.29 is 9.63 Å². The number of nitrogens with zero attached hydrogens (tertiary/aromatic N) is 1. The minimum Gasteiger partial charge on any atom is -0.410 e. The third kappa shape index (κ3) is 3.31. The first-order valence-electron chi connectivity index (χ1n) is 8.09. The van der Waals surface area contributed by atoms with Crippen molar-refractivity contribution >= 4 is 5.91 Å². The molecule has 2 aliphatic heterocycles. The highest BCUT2D eigenvalue weighted by Crippen LogP contribution is 2.35. The Morgan fingerprint density at radius 2 is 2.29 bits per heavy atom. The molecule has 2 atom stereocenters. The van der Waals surface area contributed by atoms with E-state index in [0.29, 0.717) is 12.3 Å². The molecule has 118 valence electrons. The number of carbonyl (C=O) groups excluding carboxylic acids is 1. The lowest BCUT2D eigenvalue weighted by molar-refractivity contribution is -0.132. The maximum Gasteiger partial charge on any atom is 0.222 e. The molecule has 1 N–H and O–H groups in total. The first-order chi connectivity index (χ1) is 10.0. The van der Waals surface area contributed by atoms with E-state index in [2.05, 4.69) is 38.4 Å². The van der Waals surface area contributed by atoms with Gasteiger partial charge in [-0.05, 0) is 38.2 Å². The summed E-state index contributed by atoms with van der Waals surface area (Å²) in [7, 11) is 1.88. The quantitative estimate of drug-likeness (QED) is 0.846. The average Bonchev–Trinajstić information content (AvgIpc) is 2.46. The van der Waals surface area contributed by atoms with Crippen LogP contribution in [0.2, 0.25) is 0 Å². The van der Waals surface area contributed by atoms with Crippen LogP contribution < -0.4 is 5.48 Å². The summed E-state index contributed by atoms with van der Waals surface area (Å²) >= 11 is 0. The predicted octanol–water partition coefficient (Wildman–Crippen LogP) is 3.17. The zero-order valence-electron chi connectivity index (χ0n) is 13.7. The third-order valence-corrected chi connectivity index (χ3v) is 4.91. The zero-order chi connectivity index (χ0) is 15.5. The lowest BCUT2D eigenvalue weighted by Gasteiger charge is -2.43. The lowest BCUT2D eigenvalue weighted by atomic mass is 9.86. The minimum atomic E-state index is 0.0220. The SMILES string of the molecule is CCC[C@@]1(CC)NO/C1=C\C=C(/C)C1CCN(C)C(=O)C1. The molecule has 2 saturated heterocycles. The molecule has 2 aliphatic rings. The van der Waals surface area contributed by atoms with E-state index in [1.54, 1.807) is 0 Å². The fourth-order valence-corrected chi connectivity index (χ4v) is 3.15. The number of hydrogen-bond donors (Lipinski definition) is 1. The molecule has 4 nitrogen and oxygen atoms in total. The molecule has 1 unspecified atom stereocenters. The maximum absolute atomic E-state index is 11.8. The summed E-state index contributed by atoms with van der Waals surface area (Å²) in [5, 5.41) is 0. The first kappa shape index (κ1) is 16.1. The topological polar surface area (TPSA) is 41.6 Å². The molecule has 2 heterocycles. The van der Waals surface area contributed by atoms with Crippen molar-refractivity contribution in [2.24, 2.45) is 5.92 Å². The average molecular weight is 292 g/mol. The van der Waals surface area contributed by atoms with Crippen LogP contribution >= 0.6 is 0 Å². The van der Waals surface area contributed by atoms with Crippen LogP contribution in [-0.2, 0) is 9.63 Å². The lowest BCUT2D eigenvalue weighted by Crippen LogP contribution is -2.57. The van der Waals surface area contributed by atoms with Gasteiger partial charge in [0.1, 0.15) is 11.3 Å². The molecule has 4 heteroatoms. The second-order valence-corrected chi connectivity index (χ2v) is 6.34. The van der Waals surface area contributed by atoms with E-state index < -0.39 is 0 Å². The fourth-order valence-electron chi connectivity index (χ4n) is 3.15. The maximum atomic E-state index is 11.8. The molecular weight excluding hydrogens is 264 g/mol. The van der Waals surface area contributed by atoms with Crippen LogP contribution in [0.1, 0.15) is 52.9 Å². The van der Waals surface area contributed by atoms with Gasteiger partial charge in [-0.1, -0.05) is 31.9 Å². The highest BCUT2D eigenvalue weighted by Gasteiger charge is 2.42. The highest BCUT2D eigenvalue weighted by molar-refractivity contribution is 5.77. The summed E-state index contributed by atoms with van der Waals surface area (Å²) in [4.78, 5) is 19.1. The Morgan fingerprint density at radius 3 is 2.81 bits per heavy atom. The van der Waals surface area contributed by atoms with Crippen LogP contribution in [0.5, 0.6) is 0 Å². The van der Waals surface area contributed by atoms with Crippen LogP contribution in [-0.4, -0.2) is 29.9 Å². The second-order valence-electron chi connectivity index (χ2n) is 6.34. The van der Waals surface area contributed by atoms with Crippen molar-refractivity contribution in [3.63, 3.8) is 0 Å². The number of carbonyl (C=O) groups is 1. The monoisotopic (exact) mass is 292 g/mol. The number of nitrogens with one attached hydrogen (secondary N) is 1. The van der Waals surface area contributed by atoms with Crippen LogP contribution in [0.25, 0.3) is 0 Å². The van der Waals surface area contributed by atoms with E-state index in [4.69, 9.17) is 4.84 Å². The normalized spacial score (nSPS) is 32.1. The van der Waals surface area contributed by atoms with E-state index in [1.165, 1.54) is 5.57 Å². The van der Waals surface area contributed by atoms with Gasteiger partial charge in [0.25, 0.3) is 0 Å². The van der Waals surface area contributed by atoms with Gasteiger partial charge >= 0.3 is 0 Å². The Kier molecular flexibility index (Phi) is 5.09. The molecule has 0 radical (unpaired) electrons. The largest absolute Gasteiger partial charge is 0.410 e. The van der Waals surface area contributed by atoms with Crippen molar-refractivity contribution in [1.82, 2.24) is 10.4 Å². The van der Waals surface area contributed by atoms with E-state index in [-0.39, 0.29) is 11.4 Å². The van der Waals surface area contributed by atoms with Crippen molar-refractivity contribution in [3.8, 4) is 0 Å². The smallest absolute Gasteiger partial charge is 0.222 e. The Morgan fingerprint density at radius 1 is 1.52 bits per heavy atom. The summed E-state index contributed by atoms with van der Waals surface area (Å²) in [5.41, 5.74) is 4.42. The number of hydrogen-bond acceptors (Lipinski definition) is 3. The molecule has 0 aromatic carbocycles. The van der Waals surface area contributed by atoms with E-state index in [1.807, 2.05) is 11.9 Å². The van der Waals surface area contributed by atoms with E-state index in [9.17, 15) is 4.79 Å². The van der Waals surface area contributed by atoms with Gasteiger partial charge in [-0.3, -0.25) is 4.79 Å². The van der Waals surface area contributed by atoms with E-state index >= 15 is 0 Å². The van der Waals surface area contributed by atoms with Gasteiger partial charge in [0, 0.05) is 20.0 Å². The summed E-state index contributed by atoms with van der Waals surface area (Å²) in [5.74, 6) is 1.66. The van der Waals surface area contributed by atoms with Crippen molar-refractivity contribution in [2.75, 3.05) is 13.6 Å². The molecule has 0 aromatic heterocycles. The molecule has 0 saturated carbocycles. The van der Waals surface area contributed by atoms with Gasteiger partial charge in [-0.2, -0.15) is 0 Å². The Hall–Kier alpha value is -1.29. The zero-order valence-corrected chi connectivity index (χ0v) is 13.7. The Bertz CT molecular complexity index is 452. The van der Waals surface area contributed by atoms with Crippen molar-refractivity contribution in [2.45, 2.75) is 58.4 Å². The van der Waals surface area contributed by atoms with Gasteiger partial charge in [0.15, 0.2) is 0 Å². The molecular formula is C17H28N2O2. The highest BCUT2D eigenvalue weighted by atomic mass is 16.7. The molecule has 0 bridgehead atoms. The predicted molar refractivity (Wildman–Crippen MR) is 84.4 cm³/mol. The fraction of sp³-hybridized carbons (Fsp3) is 0.706. The molecule has 21 heavy (non-hydrogen) atoms. The minimum absolute atomic E-state index is 0.0220. The van der Waals surface area contributed by atoms with Gasteiger partial charge in [0.2, 0.25) is 5.91 Å². The number of hydroxylamine groups is 1. The standard InChI is InChI=1S/C17H28N2O2/c1-5-10-17(6-2)15(21-18-17)8-7-13(3)14-9-11-19(4)16(20)12-14/h7-8,14,18H,5-6,9-12H2,1-4H3/b13-7+,15-8-/t14?,17-/m1/s1. The molecule has 1 amide bonds. The van der Waals surface area contributed by atoms with Gasteiger partial charge in [0.05, 0.1) is 0 Å². The van der Waals surface area contributed by atoms with Gasteiger partial charge < -0.3 is 9.74 Å². The Labute approximate surface area is 128 Å². The molecule has 2 fully saturated rings. The van der Waals surface area contributed by atoms with Crippen LogP contribution in [0.3, 0.4) is 0 Å². The van der Waals surface area contributed by atoms with Crippen molar-refractivity contribution in [3.05, 3.63) is 23.5 Å². The van der Waals surface area contributed by atoms with Gasteiger partial charge in [-0.15, -0.1) is 5.48 Å². The molecule has 0 aromatic rings. The molecule has 0 spiro atoms. The summed E-state index contributed by atoms with van der Waals surface area (Å²) in [6.45, 7) is 7.36. The Balaban J connectivity index is 2.03. The van der Waals surface area contributed by atoms with Crippen LogP contribution in [0.15, 0.2) is 23.5 Å². The summed E-state index contributed by atoms with van der Waals surface area (Å²) in [6, 6.07) is 0. The van der Waals surface area contributed by atoms with Crippen LogP contribution in [0.4, 0.5) is 0 Å². The number of likely N-dealkylation sites (tertiary alicyclic amines) is 1. The summed E-state index contributed by atoms with van der Waals surface area (Å²) < 4.78 is 0. The molecule has 2 rings (SSSR count). The van der Waals surface area contributed by atoms with Crippen molar-refractivity contribution in [1.29, 1.82) is 0 Å². The number of allylic oxidation sites excluding steroid dienone is 3.